The summed E-state index contributed by atoms with van der Waals surface area (Å²) in [6.07, 6.45) is 0.809. The van der Waals surface area contributed by atoms with E-state index >= 15 is 0 Å². The van der Waals surface area contributed by atoms with Crippen LogP contribution in [0.25, 0.3) is 11.3 Å². The van der Waals surface area contributed by atoms with Gasteiger partial charge in [0.05, 0.1) is 11.3 Å². The number of aromatic nitrogens is 2. The molecule has 0 aliphatic rings. The highest BCUT2D eigenvalue weighted by molar-refractivity contribution is 5.75. The predicted molar refractivity (Wildman–Crippen MR) is 97.0 cm³/mol. The molecule has 2 unspecified atom stereocenters. The molecule has 2 atom stereocenters. The van der Waals surface area contributed by atoms with Gasteiger partial charge in [0.15, 0.2) is 0 Å². The molecule has 0 aliphatic carbocycles. The van der Waals surface area contributed by atoms with E-state index in [9.17, 15) is 14.7 Å². The number of nitrogens with zero attached hydrogens (tertiary/aromatic N) is 2. The summed E-state index contributed by atoms with van der Waals surface area (Å²) in [6.45, 7) is 5.56. The van der Waals surface area contributed by atoms with Crippen LogP contribution in [0.2, 0.25) is 0 Å². The van der Waals surface area contributed by atoms with Gasteiger partial charge in [-0.15, -0.1) is 0 Å². The number of hydrogen-bond acceptors (Lipinski definition) is 4. The van der Waals surface area contributed by atoms with Crippen molar-refractivity contribution in [2.45, 2.75) is 39.3 Å². The van der Waals surface area contributed by atoms with Gasteiger partial charge in [0.1, 0.15) is 6.54 Å². The van der Waals surface area contributed by atoms with Gasteiger partial charge in [0.2, 0.25) is 5.91 Å². The number of rotatable bonds is 7. The second kappa shape index (κ2) is 8.07. The Morgan fingerprint density at radius 2 is 1.96 bits per heavy atom. The lowest BCUT2D eigenvalue weighted by molar-refractivity contribution is -0.123. The smallest absolute Gasteiger partial charge is 0.267 e. The molecule has 2 aromatic rings. The summed E-state index contributed by atoms with van der Waals surface area (Å²) in [5.41, 5.74) is 0.161. The molecule has 0 saturated heterocycles. The first-order chi connectivity index (χ1) is 11.8. The van der Waals surface area contributed by atoms with Gasteiger partial charge in [-0.05, 0) is 18.9 Å². The van der Waals surface area contributed by atoms with Crippen molar-refractivity contribution in [3.63, 3.8) is 0 Å². The number of carbonyl (C=O) groups is 1. The average Bonchev–Trinajstić information content (AvgIpc) is 2.62. The monoisotopic (exact) mass is 343 g/mol. The highest BCUT2D eigenvalue weighted by Gasteiger charge is 2.27. The van der Waals surface area contributed by atoms with Gasteiger partial charge in [0, 0.05) is 18.2 Å². The third-order valence-electron chi connectivity index (χ3n) is 4.55. The second-order valence-corrected chi connectivity index (χ2v) is 6.52. The molecule has 1 amide bonds. The average molecular weight is 343 g/mol. The van der Waals surface area contributed by atoms with Crippen molar-refractivity contribution in [3.8, 4) is 11.3 Å². The zero-order valence-electron chi connectivity index (χ0n) is 14.9. The first-order valence-corrected chi connectivity index (χ1v) is 8.46. The first kappa shape index (κ1) is 18.9. The van der Waals surface area contributed by atoms with Crippen molar-refractivity contribution in [2.24, 2.45) is 5.92 Å². The third-order valence-corrected chi connectivity index (χ3v) is 4.55. The van der Waals surface area contributed by atoms with E-state index in [4.69, 9.17) is 0 Å². The van der Waals surface area contributed by atoms with E-state index < -0.39 is 5.60 Å². The topological polar surface area (TPSA) is 84.2 Å². The van der Waals surface area contributed by atoms with E-state index in [0.717, 1.165) is 16.7 Å². The van der Waals surface area contributed by atoms with E-state index in [0.29, 0.717) is 5.69 Å². The largest absolute Gasteiger partial charge is 0.388 e. The lowest BCUT2D eigenvalue weighted by atomic mass is 9.89. The molecule has 1 heterocycles. The van der Waals surface area contributed by atoms with Crippen LogP contribution in [0.3, 0.4) is 0 Å². The lowest BCUT2D eigenvalue weighted by Crippen LogP contribution is -2.46. The highest BCUT2D eigenvalue weighted by Crippen LogP contribution is 2.18. The van der Waals surface area contributed by atoms with Crippen LogP contribution >= 0.6 is 0 Å². The number of benzene rings is 1. The summed E-state index contributed by atoms with van der Waals surface area (Å²) >= 11 is 0. The van der Waals surface area contributed by atoms with Crippen molar-refractivity contribution in [2.75, 3.05) is 6.54 Å². The Bertz CT molecular complexity index is 769. The quantitative estimate of drug-likeness (QED) is 0.803. The second-order valence-electron chi connectivity index (χ2n) is 6.52. The summed E-state index contributed by atoms with van der Waals surface area (Å²) in [5.74, 6) is -0.307. The van der Waals surface area contributed by atoms with Gasteiger partial charge in [-0.3, -0.25) is 9.59 Å². The molecule has 0 spiro atoms. The van der Waals surface area contributed by atoms with E-state index in [1.165, 1.54) is 6.07 Å². The van der Waals surface area contributed by atoms with Gasteiger partial charge in [0.25, 0.3) is 5.56 Å². The molecule has 25 heavy (non-hydrogen) atoms. The van der Waals surface area contributed by atoms with Crippen LogP contribution in [0, 0.1) is 5.92 Å². The predicted octanol–water partition coefficient (Wildman–Crippen LogP) is 1.82. The number of amides is 1. The van der Waals surface area contributed by atoms with Crippen LogP contribution in [0.15, 0.2) is 47.3 Å². The minimum atomic E-state index is -0.991. The minimum Gasteiger partial charge on any atom is -0.388 e. The molecule has 0 fully saturated rings. The molecule has 1 aromatic carbocycles. The van der Waals surface area contributed by atoms with Gasteiger partial charge in [-0.1, -0.05) is 50.6 Å². The Labute approximate surface area is 147 Å². The van der Waals surface area contributed by atoms with Gasteiger partial charge in [-0.25, -0.2) is 4.68 Å². The maximum atomic E-state index is 12.1. The van der Waals surface area contributed by atoms with Crippen LogP contribution in [-0.2, 0) is 11.3 Å². The summed E-state index contributed by atoms with van der Waals surface area (Å²) in [4.78, 5) is 24.1. The molecule has 0 saturated carbocycles. The van der Waals surface area contributed by atoms with Gasteiger partial charge < -0.3 is 10.4 Å². The van der Waals surface area contributed by atoms with Gasteiger partial charge in [-0.2, -0.15) is 5.10 Å². The Kier molecular flexibility index (Phi) is 6.09. The molecule has 1 aromatic heterocycles. The minimum absolute atomic E-state index is 0.0510. The SMILES string of the molecule is CCC(C)C(C)(O)CNC(=O)Cn1nc(-c2ccccc2)ccc1=O. The van der Waals surface area contributed by atoms with Crippen molar-refractivity contribution in [1.29, 1.82) is 0 Å². The Balaban J connectivity index is 2.07. The number of aliphatic hydroxyl groups is 1. The van der Waals surface area contributed by atoms with Crippen LogP contribution in [0.1, 0.15) is 27.2 Å². The summed E-state index contributed by atoms with van der Waals surface area (Å²) in [7, 11) is 0. The fourth-order valence-electron chi connectivity index (χ4n) is 2.41. The van der Waals surface area contributed by atoms with Crippen molar-refractivity contribution < 1.29 is 9.90 Å². The molecule has 0 radical (unpaired) electrons. The summed E-state index contributed by atoms with van der Waals surface area (Å²) in [6, 6.07) is 12.5. The number of hydrogen-bond donors (Lipinski definition) is 2. The highest BCUT2D eigenvalue weighted by atomic mass is 16.3. The molecule has 6 heteroatoms. The van der Waals surface area contributed by atoms with Crippen LogP contribution in [-0.4, -0.2) is 32.9 Å². The van der Waals surface area contributed by atoms with E-state index in [1.807, 2.05) is 44.2 Å². The van der Waals surface area contributed by atoms with Crippen molar-refractivity contribution in [3.05, 3.63) is 52.8 Å². The molecular formula is C19H25N3O3. The lowest BCUT2D eigenvalue weighted by Gasteiger charge is -2.29. The number of carbonyl (C=O) groups excluding carboxylic acids is 1. The zero-order chi connectivity index (χ0) is 18.4. The standard InChI is InChI=1S/C19H25N3O3/c1-4-14(2)19(3,25)13-20-17(23)12-22-18(24)11-10-16(21-22)15-8-6-5-7-9-15/h5-11,14,25H,4,12-13H2,1-3H3,(H,20,23). The Morgan fingerprint density at radius 3 is 2.60 bits per heavy atom. The maximum Gasteiger partial charge on any atom is 0.267 e. The van der Waals surface area contributed by atoms with Crippen LogP contribution in [0.4, 0.5) is 0 Å². The molecule has 134 valence electrons. The fraction of sp³-hybridized carbons (Fsp3) is 0.421. The molecule has 0 aliphatic heterocycles. The van der Waals surface area contributed by atoms with Crippen molar-refractivity contribution >= 4 is 5.91 Å². The molecule has 2 N–H and O–H groups in total. The van der Waals surface area contributed by atoms with E-state index in [-0.39, 0.29) is 30.5 Å². The summed E-state index contributed by atoms with van der Waals surface area (Å²) in [5, 5.41) is 17.3. The maximum absolute atomic E-state index is 12.1. The number of nitrogens with one attached hydrogen (secondary N) is 1. The summed E-state index contributed by atoms with van der Waals surface area (Å²) < 4.78 is 1.13. The van der Waals surface area contributed by atoms with E-state index in [2.05, 4.69) is 10.4 Å². The molecule has 6 nitrogen and oxygen atoms in total. The third kappa shape index (κ3) is 5.00. The fourth-order valence-corrected chi connectivity index (χ4v) is 2.41. The van der Waals surface area contributed by atoms with Gasteiger partial charge >= 0.3 is 0 Å². The molecule has 2 rings (SSSR count). The van der Waals surface area contributed by atoms with Crippen molar-refractivity contribution in [1.82, 2.24) is 15.1 Å². The van der Waals surface area contributed by atoms with Crippen LogP contribution in [0.5, 0.6) is 0 Å². The molecule has 0 bridgehead atoms. The molecular weight excluding hydrogens is 318 g/mol. The van der Waals surface area contributed by atoms with Crippen LogP contribution < -0.4 is 10.9 Å². The Hall–Kier alpha value is -2.47. The Morgan fingerprint density at radius 1 is 1.28 bits per heavy atom. The normalized spacial score (nSPS) is 14.6. The van der Waals surface area contributed by atoms with E-state index in [1.54, 1.807) is 13.0 Å². The first-order valence-electron chi connectivity index (χ1n) is 8.46. The zero-order valence-corrected chi connectivity index (χ0v) is 14.9.